The van der Waals surface area contributed by atoms with Gasteiger partial charge in [0.2, 0.25) is 0 Å². The lowest BCUT2D eigenvalue weighted by molar-refractivity contribution is 0.109. The van der Waals surface area contributed by atoms with Gasteiger partial charge in [-0.15, -0.1) is 24.8 Å². The van der Waals surface area contributed by atoms with E-state index in [-0.39, 0.29) is 37.5 Å². The molecule has 0 saturated carbocycles. The van der Waals surface area contributed by atoms with E-state index in [2.05, 4.69) is 19.9 Å². The Kier molecular flexibility index (Phi) is 11.4. The Hall–Kier alpha value is -4.02. The number of alkyl carbamates (subject to hydrolysis) is 1. The fourth-order valence-corrected chi connectivity index (χ4v) is 4.16. The lowest BCUT2D eigenvalue weighted by Gasteiger charge is -2.32. The van der Waals surface area contributed by atoms with E-state index in [0.717, 1.165) is 53.6 Å². The van der Waals surface area contributed by atoms with E-state index in [1.165, 1.54) is 0 Å². The first kappa shape index (κ1) is 31.2. The van der Waals surface area contributed by atoms with E-state index in [1.807, 2.05) is 67.6 Å². The minimum Gasteiger partial charge on any atom is -0.490 e. The van der Waals surface area contributed by atoms with Crippen LogP contribution in [-0.4, -0.2) is 53.1 Å². The van der Waals surface area contributed by atoms with Gasteiger partial charge in [0, 0.05) is 38.0 Å². The molecule has 1 saturated heterocycles. The van der Waals surface area contributed by atoms with E-state index in [9.17, 15) is 9.59 Å². The molecule has 0 atom stereocenters. The molecule has 0 spiro atoms. The summed E-state index contributed by atoms with van der Waals surface area (Å²) in [6.45, 7) is 3.59. The average Bonchev–Trinajstić information content (AvgIpc) is 2.88. The van der Waals surface area contributed by atoms with Crippen LogP contribution >= 0.6 is 24.8 Å². The summed E-state index contributed by atoms with van der Waals surface area (Å²) in [5.41, 5.74) is 8.52. The average molecular weight is 576 g/mol. The Balaban J connectivity index is 0.00000267. The van der Waals surface area contributed by atoms with Crippen LogP contribution in [0.2, 0.25) is 0 Å². The predicted molar refractivity (Wildman–Crippen MR) is 155 cm³/mol. The van der Waals surface area contributed by atoms with Gasteiger partial charge in [-0.3, -0.25) is 5.41 Å². The predicted octanol–water partition coefficient (Wildman–Crippen LogP) is 5.46. The molecule has 1 aliphatic rings. The number of benzene rings is 3. The molecule has 4 rings (SSSR count). The van der Waals surface area contributed by atoms with E-state index in [0.29, 0.717) is 17.4 Å². The Morgan fingerprint density at radius 3 is 2.36 bits per heavy atom. The Morgan fingerprint density at radius 2 is 1.72 bits per heavy atom. The van der Waals surface area contributed by atoms with Crippen molar-refractivity contribution in [3.8, 4) is 5.75 Å². The first-order chi connectivity index (χ1) is 17.8. The molecule has 1 fully saturated rings. The number of likely N-dealkylation sites (tertiary alicyclic amines) is 1. The Bertz CT molecular complexity index is 1340. The Morgan fingerprint density at radius 1 is 1.05 bits per heavy atom. The van der Waals surface area contributed by atoms with Gasteiger partial charge in [-0.2, -0.15) is 0 Å². The van der Waals surface area contributed by atoms with Crippen LogP contribution in [0.15, 0.2) is 65.7 Å². The number of amidine groups is 2. The number of amides is 1. The third-order valence-electron chi connectivity index (χ3n) is 6.12. The summed E-state index contributed by atoms with van der Waals surface area (Å²) < 4.78 is 10.1. The highest BCUT2D eigenvalue weighted by molar-refractivity contribution is 6.02. The van der Waals surface area contributed by atoms with E-state index in [4.69, 9.17) is 21.0 Å². The molecule has 0 aromatic heterocycles. The van der Waals surface area contributed by atoms with Gasteiger partial charge in [-0.05, 0) is 59.7 Å². The third-order valence-corrected chi connectivity index (χ3v) is 6.12. The monoisotopic (exact) mass is 575 g/mol. The zero-order valence-corrected chi connectivity index (χ0v) is 22.9. The number of nitrogens with zero attached hydrogens (tertiary/aromatic N) is 2. The molecule has 1 aliphatic heterocycles. The maximum atomic E-state index is 11.4. The van der Waals surface area contributed by atoms with Crippen LogP contribution < -0.4 is 15.8 Å². The summed E-state index contributed by atoms with van der Waals surface area (Å²) in [5.74, 6) is 1.74. The maximum absolute atomic E-state index is 11.4. The summed E-state index contributed by atoms with van der Waals surface area (Å²) >= 11 is 0. The number of carbonyl (C=O) groups is 2. The van der Waals surface area contributed by atoms with Crippen molar-refractivity contribution in [2.75, 3.05) is 13.1 Å². The first-order valence-corrected chi connectivity index (χ1v) is 11.9. The highest BCUT2D eigenvalue weighted by Gasteiger charge is 2.20. The summed E-state index contributed by atoms with van der Waals surface area (Å²) in [6.07, 6.45) is -0.786. The number of nitrogens with two attached hydrogens (primary N) is 1. The SMILES string of the molecule is CC(=N)N1CCC(Oc2ccc(N=C(N)c3ccc4ccc(CNC(=O)OC(=O)O)cc4c3)cc2)CC1.Cl.Cl. The molecule has 12 heteroatoms. The molecule has 1 heterocycles. The van der Waals surface area contributed by atoms with Crippen molar-refractivity contribution in [2.45, 2.75) is 32.4 Å². The van der Waals surface area contributed by atoms with Crippen molar-refractivity contribution in [3.63, 3.8) is 0 Å². The number of ether oxygens (including phenoxy) is 2. The van der Waals surface area contributed by atoms with Crippen LogP contribution in [0.5, 0.6) is 5.75 Å². The Labute approximate surface area is 238 Å². The minimum absolute atomic E-state index is 0. The van der Waals surface area contributed by atoms with Crippen LogP contribution in [0.4, 0.5) is 15.3 Å². The molecule has 1 amide bonds. The fraction of sp³-hybridized carbons (Fsp3) is 0.259. The largest absolute Gasteiger partial charge is 0.514 e. The van der Waals surface area contributed by atoms with Crippen molar-refractivity contribution in [1.29, 1.82) is 5.41 Å². The summed E-state index contributed by atoms with van der Waals surface area (Å²) in [4.78, 5) is 28.4. The fourth-order valence-electron chi connectivity index (χ4n) is 4.16. The minimum atomic E-state index is -1.66. The smallest absolute Gasteiger partial charge is 0.490 e. The zero-order valence-electron chi connectivity index (χ0n) is 21.3. The van der Waals surface area contributed by atoms with Gasteiger partial charge >= 0.3 is 12.2 Å². The van der Waals surface area contributed by atoms with Crippen molar-refractivity contribution >= 4 is 65.2 Å². The number of hydrogen-bond acceptors (Lipinski definition) is 6. The second kappa shape index (κ2) is 14.2. The molecule has 0 unspecified atom stereocenters. The molecule has 3 aromatic carbocycles. The quantitative estimate of drug-likeness (QED) is 0.132. The van der Waals surface area contributed by atoms with Crippen LogP contribution in [0.3, 0.4) is 0 Å². The molecule has 5 N–H and O–H groups in total. The summed E-state index contributed by atoms with van der Waals surface area (Å²) in [6, 6.07) is 18.8. The second-order valence-corrected chi connectivity index (χ2v) is 8.79. The van der Waals surface area contributed by atoms with Gasteiger partial charge in [-0.25, -0.2) is 14.6 Å². The number of carbonyl (C=O) groups excluding carboxylic acids is 1. The number of piperidine rings is 1. The van der Waals surface area contributed by atoms with Gasteiger partial charge in [0.15, 0.2) is 0 Å². The number of nitrogens with one attached hydrogen (secondary N) is 2. The van der Waals surface area contributed by atoms with E-state index >= 15 is 0 Å². The van der Waals surface area contributed by atoms with Crippen LogP contribution in [0.25, 0.3) is 10.8 Å². The molecule has 39 heavy (non-hydrogen) atoms. The van der Waals surface area contributed by atoms with E-state index in [1.54, 1.807) is 0 Å². The van der Waals surface area contributed by atoms with Gasteiger partial charge < -0.3 is 30.5 Å². The molecule has 0 radical (unpaired) electrons. The molecular weight excluding hydrogens is 545 g/mol. The number of rotatable bonds is 6. The molecule has 10 nitrogen and oxygen atoms in total. The first-order valence-electron chi connectivity index (χ1n) is 11.9. The van der Waals surface area contributed by atoms with E-state index < -0.39 is 12.2 Å². The highest BCUT2D eigenvalue weighted by Crippen LogP contribution is 2.24. The maximum Gasteiger partial charge on any atom is 0.514 e. The molecule has 0 aliphatic carbocycles. The molecule has 3 aromatic rings. The zero-order chi connectivity index (χ0) is 26.4. The van der Waals surface area contributed by atoms with Crippen molar-refractivity contribution < 1.29 is 24.2 Å². The van der Waals surface area contributed by atoms with Crippen molar-refractivity contribution in [3.05, 3.63) is 71.8 Å². The van der Waals surface area contributed by atoms with Crippen LogP contribution in [-0.2, 0) is 11.3 Å². The van der Waals surface area contributed by atoms with Gasteiger partial charge in [-0.1, -0.05) is 24.3 Å². The standard InChI is InChI=1S/C27H29N5O5.2ClH/c1-17(28)32-12-10-24(11-13-32)36-23-8-6-22(7-9-23)31-25(29)20-5-4-19-3-2-18(14-21(19)15-20)16-30-26(33)37-27(34)35;;/h2-9,14-15,24,28H,10-13,16H2,1H3,(H2,29,31)(H,30,33)(H,34,35);2*1H. The topological polar surface area (TPSA) is 150 Å². The van der Waals surface area contributed by atoms with Crippen molar-refractivity contribution in [2.24, 2.45) is 10.7 Å². The van der Waals surface area contributed by atoms with Crippen LogP contribution in [0.1, 0.15) is 30.9 Å². The van der Waals surface area contributed by atoms with Crippen molar-refractivity contribution in [1.82, 2.24) is 10.2 Å². The normalized spacial score (nSPS) is 13.6. The van der Waals surface area contributed by atoms with Gasteiger partial charge in [0.05, 0.1) is 11.5 Å². The second-order valence-electron chi connectivity index (χ2n) is 8.79. The molecule has 208 valence electrons. The lowest BCUT2D eigenvalue weighted by Crippen LogP contribution is -2.40. The number of hydrogen-bond donors (Lipinski definition) is 4. The highest BCUT2D eigenvalue weighted by atomic mass is 35.5. The lowest BCUT2D eigenvalue weighted by atomic mass is 10.0. The number of halogens is 2. The number of fused-ring (bicyclic) bond motifs is 1. The summed E-state index contributed by atoms with van der Waals surface area (Å²) in [5, 5.41) is 20.5. The molecule has 0 bridgehead atoms. The summed E-state index contributed by atoms with van der Waals surface area (Å²) in [7, 11) is 0. The third kappa shape index (κ3) is 8.76. The van der Waals surface area contributed by atoms with Crippen LogP contribution in [0, 0.1) is 5.41 Å². The van der Waals surface area contributed by atoms with Gasteiger partial charge in [0.1, 0.15) is 17.7 Å². The molecular formula is C27H31Cl2N5O5. The number of aliphatic imine (C=N–C) groups is 1. The number of carboxylic acid groups (broad SMARTS) is 1. The van der Waals surface area contributed by atoms with Gasteiger partial charge in [0.25, 0.3) is 0 Å².